The van der Waals surface area contributed by atoms with Crippen molar-refractivity contribution >= 4 is 43.6 Å². The van der Waals surface area contributed by atoms with Gasteiger partial charge in [0.25, 0.3) is 0 Å². The van der Waals surface area contributed by atoms with Gasteiger partial charge in [0.1, 0.15) is 5.04 Å². The first-order valence-corrected chi connectivity index (χ1v) is 8.75. The summed E-state index contributed by atoms with van der Waals surface area (Å²) in [5.74, 6) is -1.75. The van der Waals surface area contributed by atoms with Crippen LogP contribution in [0, 0.1) is 17.0 Å². The van der Waals surface area contributed by atoms with E-state index in [1.807, 2.05) is 0 Å². The molecule has 2 N–H and O–H groups in total. The van der Waals surface area contributed by atoms with Gasteiger partial charge in [0, 0.05) is 34.2 Å². The van der Waals surface area contributed by atoms with Crippen LogP contribution in [-0.4, -0.2) is 21.3 Å². The molecule has 7 heteroatoms. The Morgan fingerprint density at radius 2 is 2.13 bits per heavy atom. The summed E-state index contributed by atoms with van der Waals surface area (Å²) in [5, 5.41) is 8.75. The maximum Gasteiger partial charge on any atom is 0.183 e. The Morgan fingerprint density at radius 1 is 1.35 bits per heavy atom. The molecule has 0 aliphatic rings. The highest BCUT2D eigenvalue weighted by Crippen LogP contribution is 2.33. The molecule has 3 rings (SSSR count). The molecule has 118 valence electrons. The van der Waals surface area contributed by atoms with Crippen LogP contribution in [0.5, 0.6) is 0 Å². The van der Waals surface area contributed by atoms with Crippen LogP contribution in [0.15, 0.2) is 35.1 Å². The topological polar surface area (TPSA) is 52.5 Å². The van der Waals surface area contributed by atoms with Crippen LogP contribution < -0.4 is 0 Å². The first kappa shape index (κ1) is 16.1. The number of hydrogen-bond donors (Lipinski definition) is 2. The minimum atomic E-state index is -0.880. The van der Waals surface area contributed by atoms with Gasteiger partial charge in [-0.25, -0.2) is 8.78 Å². The van der Waals surface area contributed by atoms with Gasteiger partial charge in [-0.1, -0.05) is 0 Å². The normalized spacial score (nSPS) is 11.1. The van der Waals surface area contributed by atoms with Crippen molar-refractivity contribution in [3.05, 3.63) is 63.5 Å². The minimum absolute atomic E-state index is 0.151. The summed E-state index contributed by atoms with van der Waals surface area (Å²) in [6.45, 7) is 0. The number of pyridine rings is 1. The molecule has 0 radical (unpaired) electrons. The fraction of sp³-hybridized carbons (Fsp3) is 0.125. The van der Waals surface area contributed by atoms with E-state index in [1.165, 1.54) is 11.8 Å². The van der Waals surface area contributed by atoms with Gasteiger partial charge in [-0.15, -0.1) is 11.8 Å². The lowest BCUT2D eigenvalue weighted by Crippen LogP contribution is -2.02. The predicted octanol–water partition coefficient (Wildman–Crippen LogP) is 4.88. The molecule has 0 amide bonds. The van der Waals surface area contributed by atoms with Crippen molar-refractivity contribution in [1.29, 1.82) is 5.41 Å². The number of fused-ring (bicyclic) bond motifs is 1. The van der Waals surface area contributed by atoms with Crippen molar-refractivity contribution in [2.24, 2.45) is 0 Å². The van der Waals surface area contributed by atoms with Gasteiger partial charge in [0.05, 0.1) is 11.2 Å². The molecule has 2 aromatic heterocycles. The second-order valence-corrected chi connectivity index (χ2v) is 6.56. The van der Waals surface area contributed by atoms with Gasteiger partial charge in [0.2, 0.25) is 0 Å². The highest BCUT2D eigenvalue weighted by molar-refractivity contribution is 9.10. The van der Waals surface area contributed by atoms with Crippen LogP contribution in [0.2, 0.25) is 0 Å². The number of nitrogens with zero attached hydrogens (tertiary/aromatic N) is 1. The lowest BCUT2D eigenvalue weighted by molar-refractivity contribution is 0.507. The van der Waals surface area contributed by atoms with Crippen molar-refractivity contribution in [1.82, 2.24) is 9.97 Å². The monoisotopic (exact) mass is 395 g/mol. The number of rotatable bonds is 3. The number of benzene rings is 1. The predicted molar refractivity (Wildman–Crippen MR) is 93.3 cm³/mol. The summed E-state index contributed by atoms with van der Waals surface area (Å²) >= 11 is 4.65. The van der Waals surface area contributed by atoms with Crippen LogP contribution in [0.4, 0.5) is 8.78 Å². The van der Waals surface area contributed by atoms with Gasteiger partial charge in [0.15, 0.2) is 11.6 Å². The van der Waals surface area contributed by atoms with E-state index in [0.29, 0.717) is 20.6 Å². The third-order valence-corrected chi connectivity index (χ3v) is 5.09. The number of thioether (sulfide) groups is 1. The molecule has 1 aromatic carbocycles. The molecule has 0 bridgehead atoms. The van der Waals surface area contributed by atoms with Gasteiger partial charge in [-0.2, -0.15) is 0 Å². The molecule has 0 fully saturated rings. The van der Waals surface area contributed by atoms with E-state index >= 15 is 0 Å². The molecule has 3 nitrogen and oxygen atoms in total. The van der Waals surface area contributed by atoms with Crippen LogP contribution in [0.1, 0.15) is 16.8 Å². The molecule has 0 saturated carbocycles. The largest absolute Gasteiger partial charge is 0.359 e. The number of aromatic amines is 1. The Morgan fingerprint density at radius 3 is 2.87 bits per heavy atom. The molecule has 2 heterocycles. The van der Waals surface area contributed by atoms with Crippen molar-refractivity contribution in [2.75, 3.05) is 6.26 Å². The zero-order valence-electron chi connectivity index (χ0n) is 12.1. The SMILES string of the molecule is CSC(=N)c1cc(Cc2c(F)c(F)c3[nH]ccc3c2Br)ccn1. The third-order valence-electron chi connectivity index (χ3n) is 3.57. The molecule has 0 saturated heterocycles. The Kier molecular flexibility index (Phi) is 4.50. The van der Waals surface area contributed by atoms with E-state index < -0.39 is 11.6 Å². The van der Waals surface area contributed by atoms with E-state index in [0.717, 1.165) is 5.56 Å². The molecule has 0 spiro atoms. The summed E-state index contributed by atoms with van der Waals surface area (Å²) in [4.78, 5) is 6.83. The van der Waals surface area contributed by atoms with Crippen LogP contribution in [0.25, 0.3) is 10.9 Å². The first-order chi connectivity index (χ1) is 11.0. The lowest BCUT2D eigenvalue weighted by Gasteiger charge is -2.10. The van der Waals surface area contributed by atoms with Crippen molar-refractivity contribution in [2.45, 2.75) is 6.42 Å². The Labute approximate surface area is 144 Å². The summed E-state index contributed by atoms with van der Waals surface area (Å²) < 4.78 is 29.1. The number of nitrogens with one attached hydrogen (secondary N) is 2. The minimum Gasteiger partial charge on any atom is -0.359 e. The Balaban J connectivity index is 2.07. The molecular weight excluding hydrogens is 384 g/mol. The van der Waals surface area contributed by atoms with Crippen molar-refractivity contribution in [3.63, 3.8) is 0 Å². The van der Waals surface area contributed by atoms with E-state index in [1.54, 1.807) is 36.8 Å². The van der Waals surface area contributed by atoms with Gasteiger partial charge >= 0.3 is 0 Å². The number of H-pyrrole nitrogens is 1. The maximum atomic E-state index is 14.4. The average molecular weight is 396 g/mol. The quantitative estimate of drug-likeness (QED) is 0.377. The fourth-order valence-corrected chi connectivity index (χ4v) is 3.37. The standard InChI is InChI=1S/C16H12BrF2N3S/c1-23-16(20)11-7-8(2-4-21-11)6-10-12(17)9-3-5-22-15(9)14(19)13(10)18/h2-5,7,20,22H,6H2,1H3. The average Bonchev–Trinajstić information content (AvgIpc) is 3.06. The van der Waals surface area contributed by atoms with Crippen LogP contribution in [-0.2, 0) is 6.42 Å². The maximum absolute atomic E-state index is 14.4. The third kappa shape index (κ3) is 2.90. The summed E-state index contributed by atoms with van der Waals surface area (Å²) in [5.41, 5.74) is 1.69. The summed E-state index contributed by atoms with van der Waals surface area (Å²) in [6, 6.07) is 5.17. The van der Waals surface area contributed by atoms with E-state index in [4.69, 9.17) is 5.41 Å². The van der Waals surface area contributed by atoms with E-state index in [2.05, 4.69) is 25.9 Å². The van der Waals surface area contributed by atoms with E-state index in [-0.39, 0.29) is 17.5 Å². The van der Waals surface area contributed by atoms with Crippen LogP contribution in [0.3, 0.4) is 0 Å². The van der Waals surface area contributed by atoms with Gasteiger partial charge in [-0.05, 0) is 45.9 Å². The molecule has 0 unspecified atom stereocenters. The van der Waals surface area contributed by atoms with Gasteiger partial charge in [-0.3, -0.25) is 10.4 Å². The number of aromatic nitrogens is 2. The van der Waals surface area contributed by atoms with E-state index in [9.17, 15) is 8.78 Å². The lowest BCUT2D eigenvalue weighted by atomic mass is 10.0. The second kappa shape index (κ2) is 6.41. The van der Waals surface area contributed by atoms with Crippen molar-refractivity contribution < 1.29 is 8.78 Å². The Bertz CT molecular complexity index is 908. The number of halogens is 3. The van der Waals surface area contributed by atoms with Crippen molar-refractivity contribution in [3.8, 4) is 0 Å². The summed E-state index contributed by atoms with van der Waals surface area (Å²) in [7, 11) is 0. The second-order valence-electron chi connectivity index (χ2n) is 4.95. The molecule has 3 aromatic rings. The smallest absolute Gasteiger partial charge is 0.183 e. The molecular formula is C16H12BrF2N3S. The number of hydrogen-bond acceptors (Lipinski definition) is 3. The molecule has 0 atom stereocenters. The Hall–Kier alpha value is -1.73. The molecule has 0 aliphatic heterocycles. The first-order valence-electron chi connectivity index (χ1n) is 6.73. The summed E-state index contributed by atoms with van der Waals surface area (Å²) in [6.07, 6.45) is 5.16. The molecule has 23 heavy (non-hydrogen) atoms. The molecule has 0 aliphatic carbocycles. The zero-order valence-corrected chi connectivity index (χ0v) is 14.5. The zero-order chi connectivity index (χ0) is 16.6. The fourth-order valence-electron chi connectivity index (χ4n) is 2.41. The highest BCUT2D eigenvalue weighted by Gasteiger charge is 2.19. The highest BCUT2D eigenvalue weighted by atomic mass is 79.9. The van der Waals surface area contributed by atoms with Crippen LogP contribution >= 0.6 is 27.7 Å². The van der Waals surface area contributed by atoms with Gasteiger partial charge < -0.3 is 4.98 Å².